The number of likely N-dealkylation sites (N-methyl/N-ethyl adjacent to an activating group) is 1. The van der Waals surface area contributed by atoms with Crippen molar-refractivity contribution in [2.45, 2.75) is 6.04 Å². The number of aromatic amines is 1. The monoisotopic (exact) mass is 444 g/mol. The quantitative estimate of drug-likeness (QED) is 0.450. The van der Waals surface area contributed by atoms with Gasteiger partial charge >= 0.3 is 0 Å². The van der Waals surface area contributed by atoms with E-state index in [2.05, 4.69) is 51.3 Å². The predicted octanol–water partition coefficient (Wildman–Crippen LogP) is 5.36. The van der Waals surface area contributed by atoms with Crippen molar-refractivity contribution in [2.75, 3.05) is 33.2 Å². The Kier molecular flexibility index (Phi) is 6.03. The van der Waals surface area contributed by atoms with Gasteiger partial charge in [-0.15, -0.1) is 0 Å². The zero-order valence-corrected chi connectivity index (χ0v) is 18.5. The first-order chi connectivity index (χ1) is 16.1. The van der Waals surface area contributed by atoms with E-state index in [-0.39, 0.29) is 17.7 Å². The molecule has 1 N–H and O–H groups in total. The first-order valence-electron chi connectivity index (χ1n) is 11.2. The van der Waals surface area contributed by atoms with Crippen LogP contribution in [0.15, 0.2) is 79.0 Å². The summed E-state index contributed by atoms with van der Waals surface area (Å²) >= 11 is 0. The average molecular weight is 445 g/mol. The van der Waals surface area contributed by atoms with E-state index in [0.29, 0.717) is 11.3 Å². The lowest BCUT2D eigenvalue weighted by Gasteiger charge is -2.38. The lowest BCUT2D eigenvalue weighted by molar-refractivity contribution is 0.127. The highest BCUT2D eigenvalue weighted by atomic mass is 19.1. The number of hydrogen-bond acceptors (Lipinski definition) is 3. The van der Waals surface area contributed by atoms with Crippen molar-refractivity contribution in [3.8, 4) is 22.4 Å². The smallest absolute Gasteiger partial charge is 0.132 e. The van der Waals surface area contributed by atoms with Gasteiger partial charge in [0.05, 0.1) is 17.9 Å². The molecule has 3 aromatic carbocycles. The summed E-state index contributed by atoms with van der Waals surface area (Å²) < 4.78 is 28.0. The highest BCUT2D eigenvalue weighted by Gasteiger charge is 2.29. The number of piperazine rings is 1. The molecule has 1 saturated heterocycles. The first kappa shape index (κ1) is 21.5. The fraction of sp³-hybridized carbons (Fsp3) is 0.222. The van der Waals surface area contributed by atoms with Gasteiger partial charge in [-0.3, -0.25) is 10.00 Å². The van der Waals surface area contributed by atoms with Crippen molar-refractivity contribution in [1.82, 2.24) is 20.0 Å². The van der Waals surface area contributed by atoms with Crippen LogP contribution in [-0.4, -0.2) is 53.2 Å². The topological polar surface area (TPSA) is 35.2 Å². The van der Waals surface area contributed by atoms with E-state index in [1.807, 2.05) is 12.3 Å². The Morgan fingerprint density at radius 2 is 1.45 bits per heavy atom. The molecule has 1 aliphatic heterocycles. The molecule has 1 aliphatic rings. The third kappa shape index (κ3) is 4.45. The molecular weight excluding hydrogens is 418 g/mol. The zero-order valence-electron chi connectivity index (χ0n) is 18.5. The van der Waals surface area contributed by atoms with Crippen LogP contribution < -0.4 is 0 Å². The van der Waals surface area contributed by atoms with Gasteiger partial charge in [0, 0.05) is 37.3 Å². The van der Waals surface area contributed by atoms with Gasteiger partial charge in [-0.25, -0.2) is 8.78 Å². The molecule has 0 saturated carbocycles. The molecule has 33 heavy (non-hydrogen) atoms. The standard InChI is InChI=1S/C27H26F2N4/c1-32-14-16-33(17-15-32)27(24-18-30-31-26(24)23-4-2-3-5-25(23)29)21-8-6-19(7-9-21)20-10-12-22(28)13-11-20/h2-13,18,27H,14-17H2,1H3,(H,30,31). The number of halogens is 2. The summed E-state index contributed by atoms with van der Waals surface area (Å²) in [5.74, 6) is -0.516. The van der Waals surface area contributed by atoms with Gasteiger partial charge in [0.15, 0.2) is 0 Å². The molecule has 0 aliphatic carbocycles. The Bertz CT molecular complexity index is 1210. The number of benzene rings is 3. The Hall–Kier alpha value is -3.35. The van der Waals surface area contributed by atoms with Crippen molar-refractivity contribution in [3.05, 3.63) is 102 Å². The van der Waals surface area contributed by atoms with Gasteiger partial charge in [0.25, 0.3) is 0 Å². The summed E-state index contributed by atoms with van der Waals surface area (Å²) in [6, 6.07) is 21.6. The summed E-state index contributed by atoms with van der Waals surface area (Å²) in [6.45, 7) is 3.75. The summed E-state index contributed by atoms with van der Waals surface area (Å²) in [7, 11) is 2.13. The van der Waals surface area contributed by atoms with Gasteiger partial charge in [-0.05, 0) is 48.0 Å². The summed E-state index contributed by atoms with van der Waals surface area (Å²) in [4.78, 5) is 4.75. The number of nitrogens with zero attached hydrogens (tertiary/aromatic N) is 3. The lowest BCUT2D eigenvalue weighted by atomic mass is 9.93. The molecule has 168 valence electrons. The highest BCUT2D eigenvalue weighted by Crippen LogP contribution is 2.36. The van der Waals surface area contributed by atoms with E-state index >= 15 is 0 Å². The van der Waals surface area contributed by atoms with E-state index < -0.39 is 0 Å². The minimum Gasteiger partial charge on any atom is -0.304 e. The van der Waals surface area contributed by atoms with E-state index in [4.69, 9.17) is 0 Å². The average Bonchev–Trinajstić information content (AvgIpc) is 3.31. The molecule has 4 nitrogen and oxygen atoms in total. The molecule has 6 heteroatoms. The minimum atomic E-state index is -0.271. The Morgan fingerprint density at radius 3 is 2.12 bits per heavy atom. The molecule has 0 radical (unpaired) electrons. The predicted molar refractivity (Wildman–Crippen MR) is 127 cm³/mol. The molecule has 1 fully saturated rings. The second-order valence-electron chi connectivity index (χ2n) is 8.55. The third-order valence-electron chi connectivity index (χ3n) is 6.41. The van der Waals surface area contributed by atoms with Gasteiger partial charge in [-0.1, -0.05) is 48.5 Å². The maximum absolute atomic E-state index is 14.7. The molecule has 4 aromatic rings. The molecule has 5 rings (SSSR count). The van der Waals surface area contributed by atoms with Crippen molar-refractivity contribution < 1.29 is 8.78 Å². The van der Waals surface area contributed by atoms with Crippen LogP contribution in [0.1, 0.15) is 17.2 Å². The number of aromatic nitrogens is 2. The molecule has 0 bridgehead atoms. The maximum atomic E-state index is 14.7. The molecule has 0 spiro atoms. The van der Waals surface area contributed by atoms with E-state index in [1.165, 1.54) is 18.2 Å². The summed E-state index contributed by atoms with van der Waals surface area (Å²) in [5.41, 5.74) is 5.29. The van der Waals surface area contributed by atoms with Crippen LogP contribution >= 0.6 is 0 Å². The number of rotatable bonds is 5. The molecular formula is C27H26F2N4. The zero-order chi connectivity index (χ0) is 22.8. The molecule has 1 atom stereocenters. The van der Waals surface area contributed by atoms with Crippen molar-refractivity contribution >= 4 is 0 Å². The minimum absolute atomic E-state index is 0.0608. The van der Waals surface area contributed by atoms with Crippen LogP contribution in [0.25, 0.3) is 22.4 Å². The number of H-pyrrole nitrogens is 1. The second-order valence-corrected chi connectivity index (χ2v) is 8.55. The van der Waals surface area contributed by atoms with Gasteiger partial charge in [0.1, 0.15) is 11.6 Å². The van der Waals surface area contributed by atoms with Gasteiger partial charge in [-0.2, -0.15) is 5.10 Å². The Labute approximate surface area is 192 Å². The van der Waals surface area contributed by atoms with Gasteiger partial charge < -0.3 is 4.90 Å². The molecule has 2 heterocycles. The lowest BCUT2D eigenvalue weighted by Crippen LogP contribution is -2.46. The van der Waals surface area contributed by atoms with Crippen molar-refractivity contribution in [2.24, 2.45) is 0 Å². The van der Waals surface area contributed by atoms with Gasteiger partial charge in [0.2, 0.25) is 0 Å². The second kappa shape index (κ2) is 9.25. The number of nitrogens with one attached hydrogen (secondary N) is 1. The van der Waals surface area contributed by atoms with E-state index in [0.717, 1.165) is 48.4 Å². The molecule has 1 unspecified atom stereocenters. The normalized spacial score (nSPS) is 16.1. The highest BCUT2D eigenvalue weighted by molar-refractivity contribution is 5.66. The summed E-state index contributed by atoms with van der Waals surface area (Å²) in [5, 5.41) is 7.35. The van der Waals surface area contributed by atoms with Crippen molar-refractivity contribution in [1.29, 1.82) is 0 Å². The fourth-order valence-electron chi connectivity index (χ4n) is 4.55. The van der Waals surface area contributed by atoms with E-state index in [9.17, 15) is 8.78 Å². The largest absolute Gasteiger partial charge is 0.304 e. The fourth-order valence-corrected chi connectivity index (χ4v) is 4.55. The third-order valence-corrected chi connectivity index (χ3v) is 6.41. The number of hydrogen-bond donors (Lipinski definition) is 1. The van der Waals surface area contributed by atoms with E-state index in [1.54, 1.807) is 24.3 Å². The SMILES string of the molecule is CN1CCN(C(c2ccc(-c3ccc(F)cc3)cc2)c2cn[nH]c2-c2ccccc2F)CC1. The van der Waals surface area contributed by atoms with Crippen molar-refractivity contribution in [3.63, 3.8) is 0 Å². The van der Waals surface area contributed by atoms with Crippen LogP contribution in [0, 0.1) is 11.6 Å². The molecule has 1 aromatic heterocycles. The molecule has 0 amide bonds. The van der Waals surface area contributed by atoms with Crippen LogP contribution in [0.3, 0.4) is 0 Å². The van der Waals surface area contributed by atoms with Crippen LogP contribution in [0.4, 0.5) is 8.78 Å². The Balaban J connectivity index is 1.55. The summed E-state index contributed by atoms with van der Waals surface area (Å²) in [6.07, 6.45) is 1.82. The maximum Gasteiger partial charge on any atom is 0.132 e. The first-order valence-corrected chi connectivity index (χ1v) is 11.2. The van der Waals surface area contributed by atoms with Crippen LogP contribution in [-0.2, 0) is 0 Å². The Morgan fingerprint density at radius 1 is 0.818 bits per heavy atom. The van der Waals surface area contributed by atoms with Crippen LogP contribution in [0.2, 0.25) is 0 Å². The van der Waals surface area contributed by atoms with Crippen LogP contribution in [0.5, 0.6) is 0 Å².